The molecule has 4 atom stereocenters. The van der Waals surface area contributed by atoms with Crippen molar-refractivity contribution in [2.45, 2.75) is 75.3 Å². The van der Waals surface area contributed by atoms with Crippen LogP contribution in [0.3, 0.4) is 0 Å². The number of fused-ring (bicyclic) bond motifs is 4. The molecule has 2 saturated heterocycles. The van der Waals surface area contributed by atoms with Gasteiger partial charge in [-0.2, -0.15) is 5.26 Å². The summed E-state index contributed by atoms with van der Waals surface area (Å²) in [5.74, 6) is -0.249. The van der Waals surface area contributed by atoms with Crippen molar-refractivity contribution in [1.82, 2.24) is 10.2 Å². The summed E-state index contributed by atoms with van der Waals surface area (Å²) in [6, 6.07) is 14.7. The zero-order valence-corrected chi connectivity index (χ0v) is 21.2. The SMILES string of the molecule is CN1CCC2(CCc3ccc(-c4ccc(C[C@@H](C#N)CC(=O)[C@H]5N[C@@H]6CC[C@H]5C6)c(F)c4)cc32)CC1. The molecule has 36 heavy (non-hydrogen) atoms. The van der Waals surface area contributed by atoms with Crippen LogP contribution < -0.4 is 5.32 Å². The average Bonchev–Trinajstić information content (AvgIpc) is 3.62. The molecule has 0 radical (unpaired) electrons. The summed E-state index contributed by atoms with van der Waals surface area (Å²) in [5.41, 5.74) is 5.66. The third kappa shape index (κ3) is 4.29. The third-order valence-electron chi connectivity index (χ3n) is 9.69. The Morgan fingerprint density at radius 3 is 2.64 bits per heavy atom. The smallest absolute Gasteiger partial charge is 0.151 e. The van der Waals surface area contributed by atoms with E-state index in [1.54, 1.807) is 6.07 Å². The van der Waals surface area contributed by atoms with Gasteiger partial charge in [0, 0.05) is 12.5 Å². The van der Waals surface area contributed by atoms with E-state index in [2.05, 4.69) is 41.5 Å². The molecular formula is C31H36FN3O. The van der Waals surface area contributed by atoms with Gasteiger partial charge in [0.15, 0.2) is 5.78 Å². The highest BCUT2D eigenvalue weighted by atomic mass is 19.1. The van der Waals surface area contributed by atoms with E-state index < -0.39 is 5.92 Å². The molecule has 0 aromatic heterocycles. The van der Waals surface area contributed by atoms with Crippen molar-refractivity contribution in [1.29, 1.82) is 5.26 Å². The van der Waals surface area contributed by atoms with Crippen molar-refractivity contribution in [2.24, 2.45) is 11.8 Å². The molecule has 2 heterocycles. The number of rotatable bonds is 6. The fourth-order valence-corrected chi connectivity index (χ4v) is 7.45. The van der Waals surface area contributed by atoms with Crippen LogP contribution in [0.1, 0.15) is 61.6 Å². The van der Waals surface area contributed by atoms with Crippen LogP contribution in [-0.2, 0) is 23.1 Å². The molecule has 2 aliphatic carbocycles. The largest absolute Gasteiger partial charge is 0.306 e. The minimum Gasteiger partial charge on any atom is -0.306 e. The van der Waals surface area contributed by atoms with Crippen molar-refractivity contribution in [2.75, 3.05) is 20.1 Å². The molecule has 2 aliphatic heterocycles. The van der Waals surface area contributed by atoms with Crippen molar-refractivity contribution in [3.05, 3.63) is 58.9 Å². The van der Waals surface area contributed by atoms with Gasteiger partial charge in [-0.05, 0) is 117 Å². The first-order chi connectivity index (χ1) is 17.4. The second-order valence-electron chi connectivity index (χ2n) is 11.9. The van der Waals surface area contributed by atoms with E-state index in [4.69, 9.17) is 0 Å². The number of nitrogens with one attached hydrogen (secondary N) is 1. The highest BCUT2D eigenvalue weighted by Crippen LogP contribution is 2.47. The average molecular weight is 486 g/mol. The van der Waals surface area contributed by atoms with Gasteiger partial charge < -0.3 is 10.2 Å². The summed E-state index contributed by atoms with van der Waals surface area (Å²) >= 11 is 0. The minimum absolute atomic E-state index is 0.112. The van der Waals surface area contributed by atoms with Crippen LogP contribution in [0, 0.1) is 29.0 Å². The predicted octanol–water partition coefficient (Wildman–Crippen LogP) is 5.18. The molecule has 4 nitrogen and oxygen atoms in total. The zero-order chi connectivity index (χ0) is 24.9. The first-order valence-electron chi connectivity index (χ1n) is 13.7. The van der Waals surface area contributed by atoms with Crippen LogP contribution in [0.25, 0.3) is 11.1 Å². The lowest BCUT2D eigenvalue weighted by atomic mass is 9.73. The summed E-state index contributed by atoms with van der Waals surface area (Å²) in [7, 11) is 2.20. The summed E-state index contributed by atoms with van der Waals surface area (Å²) in [6.07, 6.45) is 8.54. The first kappa shape index (κ1) is 23.8. The maximum Gasteiger partial charge on any atom is 0.151 e. The van der Waals surface area contributed by atoms with E-state index in [1.807, 2.05) is 12.1 Å². The Hall–Kier alpha value is -2.55. The van der Waals surface area contributed by atoms with Crippen molar-refractivity contribution in [3.8, 4) is 17.2 Å². The molecule has 1 N–H and O–H groups in total. The first-order valence-corrected chi connectivity index (χ1v) is 13.7. The van der Waals surface area contributed by atoms with E-state index in [0.29, 0.717) is 17.5 Å². The summed E-state index contributed by atoms with van der Waals surface area (Å²) in [5, 5.41) is 13.1. The quantitative estimate of drug-likeness (QED) is 0.612. The lowest BCUT2D eigenvalue weighted by molar-refractivity contribution is -0.122. The predicted molar refractivity (Wildman–Crippen MR) is 139 cm³/mol. The summed E-state index contributed by atoms with van der Waals surface area (Å²) in [6.45, 7) is 2.27. The number of hydrogen-bond acceptors (Lipinski definition) is 4. The number of piperidine rings is 2. The van der Waals surface area contributed by atoms with E-state index in [1.165, 1.54) is 30.4 Å². The normalized spacial score (nSPS) is 27.2. The fraction of sp³-hybridized carbons (Fsp3) is 0.548. The molecule has 3 fully saturated rings. The molecule has 0 unspecified atom stereocenters. The van der Waals surface area contributed by atoms with E-state index >= 15 is 4.39 Å². The van der Waals surface area contributed by atoms with Crippen LogP contribution in [0.15, 0.2) is 36.4 Å². The standard InChI is InChI=1S/C31H36FN3O/c1-35-12-10-31(11-13-35)9-8-21-2-3-22(17-27(21)31)23-4-5-24(28(32)18-23)14-20(19-33)15-29(36)30-25-6-7-26(16-25)34-30/h2-5,17-18,20,25-26,30,34H,6-16H2,1H3/t20-,25+,26-,30+/m1/s1. The maximum atomic E-state index is 15.2. The zero-order valence-electron chi connectivity index (χ0n) is 21.2. The number of halogens is 1. The molecule has 6 rings (SSSR count). The number of likely N-dealkylation sites (tertiary alicyclic amines) is 1. The fourth-order valence-electron chi connectivity index (χ4n) is 7.45. The number of nitriles is 1. The lowest BCUT2D eigenvalue weighted by Crippen LogP contribution is -2.42. The Morgan fingerprint density at radius 2 is 1.94 bits per heavy atom. The number of carbonyl (C=O) groups is 1. The van der Waals surface area contributed by atoms with Crippen molar-refractivity contribution >= 4 is 5.78 Å². The van der Waals surface area contributed by atoms with Gasteiger partial charge in [0.25, 0.3) is 0 Å². The maximum absolute atomic E-state index is 15.2. The summed E-state index contributed by atoms with van der Waals surface area (Å²) < 4.78 is 15.2. The van der Waals surface area contributed by atoms with Crippen LogP contribution in [-0.4, -0.2) is 42.9 Å². The monoisotopic (exact) mass is 485 g/mol. The number of Topliss-reactive ketones (excluding diaryl/α,β-unsaturated/α-hetero) is 1. The Morgan fingerprint density at radius 1 is 1.17 bits per heavy atom. The van der Waals surface area contributed by atoms with E-state index in [-0.39, 0.29) is 35.9 Å². The number of benzene rings is 2. The van der Waals surface area contributed by atoms with E-state index in [0.717, 1.165) is 49.9 Å². The van der Waals surface area contributed by atoms with Gasteiger partial charge in [-0.1, -0.05) is 30.3 Å². The molecule has 5 heteroatoms. The number of aryl methyl sites for hydroxylation is 1. The Labute approximate surface area is 213 Å². The van der Waals surface area contributed by atoms with Crippen molar-refractivity contribution < 1.29 is 9.18 Å². The highest BCUT2D eigenvalue weighted by molar-refractivity contribution is 5.85. The lowest BCUT2D eigenvalue weighted by Gasteiger charge is -2.39. The van der Waals surface area contributed by atoms with Gasteiger partial charge in [0.2, 0.25) is 0 Å². The third-order valence-corrected chi connectivity index (χ3v) is 9.69. The molecule has 4 aliphatic rings. The second-order valence-corrected chi connectivity index (χ2v) is 11.9. The van der Waals surface area contributed by atoms with E-state index in [9.17, 15) is 10.1 Å². The Kier molecular flexibility index (Phi) is 6.22. The Bertz CT molecular complexity index is 1210. The number of ketones is 1. The molecule has 2 aromatic rings. The van der Waals surface area contributed by atoms with Crippen LogP contribution in [0.4, 0.5) is 4.39 Å². The molecule has 0 amide bonds. The van der Waals surface area contributed by atoms with Gasteiger partial charge in [0.05, 0.1) is 18.0 Å². The topological polar surface area (TPSA) is 56.1 Å². The van der Waals surface area contributed by atoms with Gasteiger partial charge in [-0.25, -0.2) is 4.39 Å². The molecule has 1 spiro atoms. The molecular weight excluding hydrogens is 449 g/mol. The van der Waals surface area contributed by atoms with Crippen LogP contribution >= 0.6 is 0 Å². The van der Waals surface area contributed by atoms with Gasteiger partial charge in [-0.15, -0.1) is 0 Å². The number of nitrogens with zero attached hydrogens (tertiary/aromatic N) is 2. The second kappa shape index (κ2) is 9.39. The van der Waals surface area contributed by atoms with Crippen molar-refractivity contribution in [3.63, 3.8) is 0 Å². The van der Waals surface area contributed by atoms with Crippen LogP contribution in [0.5, 0.6) is 0 Å². The highest BCUT2D eigenvalue weighted by Gasteiger charge is 2.43. The molecule has 188 valence electrons. The number of carbonyl (C=O) groups excluding carboxylic acids is 1. The van der Waals surface area contributed by atoms with Crippen LogP contribution in [0.2, 0.25) is 0 Å². The number of hydrogen-bond donors (Lipinski definition) is 1. The minimum atomic E-state index is -0.497. The molecule has 2 bridgehead atoms. The van der Waals surface area contributed by atoms with Gasteiger partial charge >= 0.3 is 0 Å². The van der Waals surface area contributed by atoms with Gasteiger partial charge in [0.1, 0.15) is 5.82 Å². The van der Waals surface area contributed by atoms with Gasteiger partial charge in [-0.3, -0.25) is 4.79 Å². The molecule has 2 aromatic carbocycles. The molecule has 1 saturated carbocycles. The Balaban J connectivity index is 1.17. The summed E-state index contributed by atoms with van der Waals surface area (Å²) in [4.78, 5) is 15.3.